The SMILES string of the molecule is O=C1C[C@H](c2ccccc2)CC2=C1[C@@H](c1ccc(Cl)cc1)n1c(nc3ccccc31)N2. The highest BCUT2D eigenvalue weighted by Crippen LogP contribution is 2.46. The molecular formula is C26H20ClN3O. The third kappa shape index (κ3) is 2.98. The molecule has 0 fully saturated rings. The molecule has 0 radical (unpaired) electrons. The van der Waals surface area contributed by atoms with Crippen LogP contribution in [0.3, 0.4) is 0 Å². The van der Waals surface area contributed by atoms with Gasteiger partial charge < -0.3 is 5.32 Å². The van der Waals surface area contributed by atoms with Crippen molar-refractivity contribution in [1.29, 1.82) is 0 Å². The molecule has 2 heterocycles. The van der Waals surface area contributed by atoms with Crippen molar-refractivity contribution >= 4 is 34.4 Å². The standard InChI is InChI=1S/C26H20ClN3O/c27-19-12-10-17(11-13-19)25-24-21(14-18(15-23(24)31)16-6-2-1-3-7-16)29-26-28-20-8-4-5-9-22(20)30(25)26/h1-13,18,25H,14-15H2,(H,28,29)/t18-,25-/m1/s1. The summed E-state index contributed by atoms with van der Waals surface area (Å²) in [5.74, 6) is 1.13. The maximum Gasteiger partial charge on any atom is 0.209 e. The van der Waals surface area contributed by atoms with Gasteiger partial charge in [0.25, 0.3) is 0 Å². The quantitative estimate of drug-likeness (QED) is 0.421. The van der Waals surface area contributed by atoms with Crippen molar-refractivity contribution in [2.24, 2.45) is 0 Å². The molecule has 2 aliphatic rings. The van der Waals surface area contributed by atoms with Crippen LogP contribution in [0.25, 0.3) is 11.0 Å². The molecule has 152 valence electrons. The Hall–Kier alpha value is -3.37. The van der Waals surface area contributed by atoms with Crippen molar-refractivity contribution in [2.75, 3.05) is 5.32 Å². The van der Waals surface area contributed by atoms with Crippen LogP contribution < -0.4 is 5.32 Å². The van der Waals surface area contributed by atoms with Crippen LogP contribution in [-0.2, 0) is 4.79 Å². The molecule has 1 aliphatic carbocycles. The van der Waals surface area contributed by atoms with E-state index in [0.717, 1.165) is 40.2 Å². The highest BCUT2D eigenvalue weighted by Gasteiger charge is 2.39. The topological polar surface area (TPSA) is 46.9 Å². The third-order valence-electron chi connectivity index (χ3n) is 6.35. The number of carbonyl (C=O) groups is 1. The van der Waals surface area contributed by atoms with Crippen LogP contribution in [0.15, 0.2) is 90.1 Å². The lowest BCUT2D eigenvalue weighted by molar-refractivity contribution is -0.116. The van der Waals surface area contributed by atoms with E-state index in [1.54, 1.807) is 0 Å². The van der Waals surface area contributed by atoms with E-state index in [-0.39, 0.29) is 17.7 Å². The van der Waals surface area contributed by atoms with E-state index in [9.17, 15) is 4.79 Å². The molecule has 4 aromatic rings. The van der Waals surface area contributed by atoms with Gasteiger partial charge in [-0.1, -0.05) is 66.2 Å². The number of halogens is 1. The van der Waals surface area contributed by atoms with E-state index in [1.807, 2.05) is 60.7 Å². The second kappa shape index (κ2) is 7.10. The van der Waals surface area contributed by atoms with E-state index in [0.29, 0.717) is 11.4 Å². The Morgan fingerprint density at radius 3 is 2.42 bits per heavy atom. The number of para-hydroxylation sites is 2. The maximum absolute atomic E-state index is 13.6. The fourth-order valence-corrected chi connectivity index (χ4v) is 5.07. The Morgan fingerprint density at radius 2 is 1.61 bits per heavy atom. The molecule has 0 bridgehead atoms. The second-order valence-corrected chi connectivity index (χ2v) is 8.64. The highest BCUT2D eigenvalue weighted by atomic mass is 35.5. The molecule has 3 aromatic carbocycles. The highest BCUT2D eigenvalue weighted by molar-refractivity contribution is 6.30. The first-order valence-electron chi connectivity index (χ1n) is 10.5. The number of allylic oxidation sites excluding steroid dienone is 2. The second-order valence-electron chi connectivity index (χ2n) is 8.20. The number of aromatic nitrogens is 2. The zero-order chi connectivity index (χ0) is 20.9. The average molecular weight is 426 g/mol. The molecule has 0 spiro atoms. The normalized spacial score (nSPS) is 20.4. The number of nitrogens with zero attached hydrogens (tertiary/aromatic N) is 2. The summed E-state index contributed by atoms with van der Waals surface area (Å²) in [6.45, 7) is 0. The van der Waals surface area contributed by atoms with Gasteiger partial charge in [-0.2, -0.15) is 0 Å². The molecule has 0 saturated carbocycles. The number of rotatable bonds is 2. The molecular weight excluding hydrogens is 406 g/mol. The molecule has 2 atom stereocenters. The summed E-state index contributed by atoms with van der Waals surface area (Å²) in [4.78, 5) is 18.4. The number of benzene rings is 3. The van der Waals surface area contributed by atoms with E-state index in [4.69, 9.17) is 16.6 Å². The van der Waals surface area contributed by atoms with Gasteiger partial charge in [0.05, 0.1) is 17.1 Å². The predicted octanol–water partition coefficient (Wildman–Crippen LogP) is 6.11. The monoisotopic (exact) mass is 425 g/mol. The Morgan fingerprint density at radius 1 is 0.871 bits per heavy atom. The van der Waals surface area contributed by atoms with Crippen molar-refractivity contribution in [3.05, 3.63) is 106 Å². The molecule has 1 aromatic heterocycles. The van der Waals surface area contributed by atoms with Gasteiger partial charge in [0.15, 0.2) is 5.78 Å². The number of fused-ring (bicyclic) bond motifs is 3. The minimum absolute atomic E-state index is 0.168. The molecule has 6 rings (SSSR count). The number of Topliss-reactive ketones (excluding diaryl/α,β-unsaturated/α-hetero) is 1. The van der Waals surface area contributed by atoms with Gasteiger partial charge >= 0.3 is 0 Å². The van der Waals surface area contributed by atoms with E-state index in [2.05, 4.69) is 28.1 Å². The first-order valence-corrected chi connectivity index (χ1v) is 10.9. The minimum atomic E-state index is -0.222. The molecule has 1 N–H and O–H groups in total. The number of imidazole rings is 1. The Labute approximate surface area is 185 Å². The minimum Gasteiger partial charge on any atom is -0.329 e. The third-order valence-corrected chi connectivity index (χ3v) is 6.61. The first-order chi connectivity index (χ1) is 15.2. The van der Waals surface area contributed by atoms with E-state index >= 15 is 0 Å². The fraction of sp³-hybridized carbons (Fsp3) is 0.154. The lowest BCUT2D eigenvalue weighted by Gasteiger charge is -2.36. The van der Waals surface area contributed by atoms with Crippen LogP contribution in [0.4, 0.5) is 5.95 Å². The zero-order valence-electron chi connectivity index (χ0n) is 16.8. The molecule has 0 amide bonds. The summed E-state index contributed by atoms with van der Waals surface area (Å²) < 4.78 is 2.15. The van der Waals surface area contributed by atoms with Gasteiger partial charge in [0, 0.05) is 22.7 Å². The van der Waals surface area contributed by atoms with Crippen molar-refractivity contribution < 1.29 is 4.79 Å². The Bertz CT molecular complexity index is 1340. The summed E-state index contributed by atoms with van der Waals surface area (Å²) in [7, 11) is 0. The number of hydrogen-bond donors (Lipinski definition) is 1. The zero-order valence-corrected chi connectivity index (χ0v) is 17.5. The number of ketones is 1. The molecule has 4 nitrogen and oxygen atoms in total. The summed E-state index contributed by atoms with van der Waals surface area (Å²) in [6.07, 6.45) is 1.30. The van der Waals surface area contributed by atoms with Crippen LogP contribution in [0.2, 0.25) is 5.02 Å². The van der Waals surface area contributed by atoms with Gasteiger partial charge in [-0.15, -0.1) is 0 Å². The Kier molecular flexibility index (Phi) is 4.22. The average Bonchev–Trinajstić information content (AvgIpc) is 3.17. The van der Waals surface area contributed by atoms with Gasteiger partial charge in [0.1, 0.15) is 0 Å². The summed E-state index contributed by atoms with van der Waals surface area (Å²) in [6, 6.07) is 25.9. The summed E-state index contributed by atoms with van der Waals surface area (Å²) >= 11 is 6.17. The van der Waals surface area contributed by atoms with Crippen molar-refractivity contribution in [3.8, 4) is 0 Å². The number of nitrogens with one attached hydrogen (secondary N) is 1. The summed E-state index contributed by atoms with van der Waals surface area (Å²) in [5.41, 5.74) is 5.98. The molecule has 1 aliphatic heterocycles. The van der Waals surface area contributed by atoms with Crippen molar-refractivity contribution in [3.63, 3.8) is 0 Å². The van der Waals surface area contributed by atoms with E-state index in [1.165, 1.54) is 5.56 Å². The van der Waals surface area contributed by atoms with Gasteiger partial charge in [0.2, 0.25) is 5.95 Å². The van der Waals surface area contributed by atoms with Crippen LogP contribution in [0.5, 0.6) is 0 Å². The smallest absolute Gasteiger partial charge is 0.209 e. The summed E-state index contributed by atoms with van der Waals surface area (Å²) in [5, 5.41) is 4.20. The van der Waals surface area contributed by atoms with Crippen molar-refractivity contribution in [2.45, 2.75) is 24.8 Å². The lowest BCUT2D eigenvalue weighted by atomic mass is 9.78. The fourth-order valence-electron chi connectivity index (χ4n) is 4.95. The van der Waals surface area contributed by atoms with Gasteiger partial charge in [-0.25, -0.2) is 4.98 Å². The van der Waals surface area contributed by atoms with Crippen LogP contribution in [0, 0.1) is 0 Å². The van der Waals surface area contributed by atoms with Gasteiger partial charge in [-0.05, 0) is 47.7 Å². The molecule has 0 unspecified atom stereocenters. The number of carbonyl (C=O) groups excluding carboxylic acids is 1. The van der Waals surface area contributed by atoms with Crippen LogP contribution >= 0.6 is 11.6 Å². The lowest BCUT2D eigenvalue weighted by Crippen LogP contribution is -2.33. The van der Waals surface area contributed by atoms with Gasteiger partial charge in [-0.3, -0.25) is 9.36 Å². The Balaban J connectivity index is 1.54. The maximum atomic E-state index is 13.6. The van der Waals surface area contributed by atoms with E-state index < -0.39 is 0 Å². The first kappa shape index (κ1) is 18.4. The molecule has 31 heavy (non-hydrogen) atoms. The predicted molar refractivity (Wildman–Crippen MR) is 123 cm³/mol. The van der Waals surface area contributed by atoms with Crippen molar-refractivity contribution in [1.82, 2.24) is 9.55 Å². The van der Waals surface area contributed by atoms with Crippen LogP contribution in [-0.4, -0.2) is 15.3 Å². The molecule has 0 saturated heterocycles. The number of hydrogen-bond acceptors (Lipinski definition) is 3. The van der Waals surface area contributed by atoms with Crippen LogP contribution in [0.1, 0.15) is 35.9 Å². The molecule has 5 heteroatoms. The number of anilines is 1. The largest absolute Gasteiger partial charge is 0.329 e.